The third-order valence-corrected chi connectivity index (χ3v) is 5.02. The van der Waals surface area contributed by atoms with E-state index < -0.39 is 11.6 Å². The predicted molar refractivity (Wildman–Crippen MR) is 90.6 cm³/mol. The van der Waals surface area contributed by atoms with E-state index in [1.165, 1.54) is 11.6 Å². The van der Waals surface area contributed by atoms with Crippen molar-refractivity contribution in [2.24, 2.45) is 0 Å². The molecule has 0 saturated heterocycles. The maximum absolute atomic E-state index is 13.5. The molecule has 25 heavy (non-hydrogen) atoms. The summed E-state index contributed by atoms with van der Waals surface area (Å²) in [5, 5.41) is 0. The SMILES string of the molecule is CCCC1OC(=O)c2cc3c(cc21)CCN(c1ccc(F)c(F)c1)C3. The molecule has 0 spiro atoms. The Morgan fingerprint density at radius 3 is 2.76 bits per heavy atom. The molecule has 0 radical (unpaired) electrons. The van der Waals surface area contributed by atoms with Crippen LogP contribution in [0.15, 0.2) is 30.3 Å². The monoisotopic (exact) mass is 343 g/mol. The van der Waals surface area contributed by atoms with E-state index in [9.17, 15) is 13.6 Å². The molecule has 4 rings (SSSR count). The summed E-state index contributed by atoms with van der Waals surface area (Å²) in [6, 6.07) is 7.96. The molecule has 5 heteroatoms. The third-order valence-electron chi connectivity index (χ3n) is 5.02. The molecular weight excluding hydrogens is 324 g/mol. The third kappa shape index (κ3) is 2.77. The molecule has 130 valence electrons. The number of hydrogen-bond acceptors (Lipinski definition) is 3. The van der Waals surface area contributed by atoms with Gasteiger partial charge in [0.25, 0.3) is 0 Å². The van der Waals surface area contributed by atoms with Crippen LogP contribution in [0, 0.1) is 11.6 Å². The average Bonchev–Trinajstić information content (AvgIpc) is 2.91. The van der Waals surface area contributed by atoms with Crippen molar-refractivity contribution >= 4 is 11.7 Å². The first kappa shape index (κ1) is 16.1. The Morgan fingerprint density at radius 1 is 1.16 bits per heavy atom. The number of benzene rings is 2. The minimum Gasteiger partial charge on any atom is -0.454 e. The number of nitrogens with zero attached hydrogens (tertiary/aromatic N) is 1. The second-order valence-corrected chi connectivity index (χ2v) is 6.66. The van der Waals surface area contributed by atoms with E-state index in [0.29, 0.717) is 17.8 Å². The molecule has 2 aromatic rings. The van der Waals surface area contributed by atoms with Gasteiger partial charge in [-0.15, -0.1) is 0 Å². The minimum absolute atomic E-state index is 0.137. The zero-order valence-electron chi connectivity index (χ0n) is 14.0. The van der Waals surface area contributed by atoms with Crippen molar-refractivity contribution in [1.82, 2.24) is 0 Å². The van der Waals surface area contributed by atoms with E-state index in [4.69, 9.17) is 4.74 Å². The Morgan fingerprint density at radius 2 is 2.00 bits per heavy atom. The highest BCUT2D eigenvalue weighted by Crippen LogP contribution is 2.37. The second-order valence-electron chi connectivity index (χ2n) is 6.66. The lowest BCUT2D eigenvalue weighted by atomic mass is 9.91. The fraction of sp³-hybridized carbons (Fsp3) is 0.350. The summed E-state index contributed by atoms with van der Waals surface area (Å²) in [6.07, 6.45) is 2.45. The molecule has 2 aliphatic heterocycles. The molecule has 0 aliphatic carbocycles. The summed E-state index contributed by atoms with van der Waals surface area (Å²) < 4.78 is 32.2. The number of rotatable bonds is 3. The lowest BCUT2D eigenvalue weighted by molar-refractivity contribution is 0.0367. The Kier molecular flexibility index (Phi) is 3.94. The molecule has 0 aromatic heterocycles. The van der Waals surface area contributed by atoms with Crippen molar-refractivity contribution in [2.45, 2.75) is 38.8 Å². The smallest absolute Gasteiger partial charge is 0.339 e. The van der Waals surface area contributed by atoms with Gasteiger partial charge in [-0.25, -0.2) is 13.6 Å². The van der Waals surface area contributed by atoms with E-state index in [0.717, 1.165) is 43.0 Å². The highest BCUT2D eigenvalue weighted by molar-refractivity contribution is 5.94. The topological polar surface area (TPSA) is 29.5 Å². The van der Waals surface area contributed by atoms with Gasteiger partial charge in [0.15, 0.2) is 11.6 Å². The molecule has 0 amide bonds. The molecule has 2 heterocycles. The molecule has 1 unspecified atom stereocenters. The number of carbonyl (C=O) groups excluding carboxylic acids is 1. The minimum atomic E-state index is -0.844. The zero-order valence-corrected chi connectivity index (χ0v) is 14.0. The average molecular weight is 343 g/mol. The van der Waals surface area contributed by atoms with E-state index in [1.807, 2.05) is 11.0 Å². The number of ether oxygens (including phenoxy) is 1. The largest absolute Gasteiger partial charge is 0.454 e. The summed E-state index contributed by atoms with van der Waals surface area (Å²) in [7, 11) is 0. The van der Waals surface area contributed by atoms with Gasteiger partial charge in [-0.3, -0.25) is 0 Å². The van der Waals surface area contributed by atoms with Crippen LogP contribution in [0.1, 0.15) is 52.9 Å². The molecule has 0 fully saturated rings. The number of cyclic esters (lactones) is 1. The Hall–Kier alpha value is -2.43. The van der Waals surface area contributed by atoms with Crippen LogP contribution in [0.3, 0.4) is 0 Å². The van der Waals surface area contributed by atoms with Crippen LogP contribution in [-0.4, -0.2) is 12.5 Å². The number of carbonyl (C=O) groups is 1. The molecule has 2 aromatic carbocycles. The van der Waals surface area contributed by atoms with Gasteiger partial charge in [-0.2, -0.15) is 0 Å². The first-order chi connectivity index (χ1) is 12.1. The van der Waals surface area contributed by atoms with Gasteiger partial charge >= 0.3 is 5.97 Å². The van der Waals surface area contributed by atoms with Crippen molar-refractivity contribution in [1.29, 1.82) is 0 Å². The quantitative estimate of drug-likeness (QED) is 0.767. The Bertz CT molecular complexity index is 850. The van der Waals surface area contributed by atoms with Crippen LogP contribution in [0.4, 0.5) is 14.5 Å². The number of halogens is 2. The number of fused-ring (bicyclic) bond motifs is 2. The molecule has 3 nitrogen and oxygen atoms in total. The van der Waals surface area contributed by atoms with Crippen LogP contribution >= 0.6 is 0 Å². The molecule has 0 N–H and O–H groups in total. The van der Waals surface area contributed by atoms with E-state index >= 15 is 0 Å². The summed E-state index contributed by atoms with van der Waals surface area (Å²) in [4.78, 5) is 14.1. The fourth-order valence-corrected chi connectivity index (χ4v) is 3.71. The van der Waals surface area contributed by atoms with Crippen molar-refractivity contribution in [3.8, 4) is 0 Å². The fourth-order valence-electron chi connectivity index (χ4n) is 3.71. The van der Waals surface area contributed by atoms with Gasteiger partial charge < -0.3 is 9.64 Å². The molecule has 2 aliphatic rings. The summed E-state index contributed by atoms with van der Waals surface area (Å²) in [5.74, 6) is -1.95. The van der Waals surface area contributed by atoms with Gasteiger partial charge in [0.1, 0.15) is 6.10 Å². The lowest BCUT2D eigenvalue weighted by Crippen LogP contribution is -2.30. The number of anilines is 1. The summed E-state index contributed by atoms with van der Waals surface area (Å²) >= 11 is 0. The van der Waals surface area contributed by atoms with Gasteiger partial charge in [0.05, 0.1) is 5.56 Å². The van der Waals surface area contributed by atoms with Crippen LogP contribution < -0.4 is 4.90 Å². The highest BCUT2D eigenvalue weighted by atomic mass is 19.2. The number of esters is 1. The molecule has 1 atom stereocenters. The normalized spacial score (nSPS) is 18.8. The van der Waals surface area contributed by atoms with Gasteiger partial charge in [0, 0.05) is 30.4 Å². The molecular formula is C20H19F2NO2. The predicted octanol–water partition coefficient (Wildman–Crippen LogP) is 4.54. The lowest BCUT2D eigenvalue weighted by Gasteiger charge is -2.31. The number of hydrogen-bond donors (Lipinski definition) is 0. The van der Waals surface area contributed by atoms with E-state index in [2.05, 4.69) is 13.0 Å². The van der Waals surface area contributed by atoms with Crippen molar-refractivity contribution < 1.29 is 18.3 Å². The first-order valence-corrected chi connectivity index (χ1v) is 8.63. The maximum atomic E-state index is 13.5. The standard InChI is InChI=1S/C20H19F2NO2/c1-2-3-19-15-8-12-6-7-23(14-4-5-17(21)18(22)10-14)11-13(12)9-16(15)20(24)25-19/h4-5,8-10,19H,2-3,6-7,11H2,1H3. The van der Waals surface area contributed by atoms with Crippen molar-refractivity contribution in [3.63, 3.8) is 0 Å². The van der Waals surface area contributed by atoms with Crippen molar-refractivity contribution in [3.05, 3.63) is 64.2 Å². The van der Waals surface area contributed by atoms with Crippen LogP contribution in [0.2, 0.25) is 0 Å². The second kappa shape index (κ2) is 6.14. The van der Waals surface area contributed by atoms with Crippen LogP contribution in [0.5, 0.6) is 0 Å². The maximum Gasteiger partial charge on any atom is 0.339 e. The first-order valence-electron chi connectivity index (χ1n) is 8.63. The van der Waals surface area contributed by atoms with Gasteiger partial charge in [-0.1, -0.05) is 19.4 Å². The zero-order chi connectivity index (χ0) is 17.6. The van der Waals surface area contributed by atoms with Gasteiger partial charge in [0.2, 0.25) is 0 Å². The summed E-state index contributed by atoms with van der Waals surface area (Å²) in [5.41, 5.74) is 4.54. The van der Waals surface area contributed by atoms with Gasteiger partial charge in [-0.05, 0) is 42.2 Å². The van der Waals surface area contributed by atoms with Crippen LogP contribution in [-0.2, 0) is 17.7 Å². The highest BCUT2D eigenvalue weighted by Gasteiger charge is 2.32. The molecule has 0 saturated carbocycles. The van der Waals surface area contributed by atoms with E-state index in [-0.39, 0.29) is 12.1 Å². The van der Waals surface area contributed by atoms with Crippen LogP contribution in [0.25, 0.3) is 0 Å². The Balaban J connectivity index is 1.65. The van der Waals surface area contributed by atoms with Crippen molar-refractivity contribution in [2.75, 3.05) is 11.4 Å². The summed E-state index contributed by atoms with van der Waals surface area (Å²) in [6.45, 7) is 3.37. The van der Waals surface area contributed by atoms with E-state index in [1.54, 1.807) is 6.07 Å². The Labute approximate surface area is 145 Å². The molecule has 0 bridgehead atoms.